The molecule has 0 saturated carbocycles. The van der Waals surface area contributed by atoms with E-state index in [1.54, 1.807) is 29.1 Å². The summed E-state index contributed by atoms with van der Waals surface area (Å²) in [6.45, 7) is 6.85. The Morgan fingerprint density at radius 2 is 2.36 bits per heavy atom. The van der Waals surface area contributed by atoms with Crippen LogP contribution < -0.4 is 0 Å². The molecule has 2 rings (SSSR count). The van der Waals surface area contributed by atoms with Gasteiger partial charge in [0.2, 0.25) is 0 Å². The van der Waals surface area contributed by atoms with Crippen LogP contribution in [0.2, 0.25) is 0 Å². The molecule has 4 heteroatoms. The number of aromatic nitrogens is 2. The molecule has 2 aromatic rings. The first-order chi connectivity index (χ1) is 6.40. The molecule has 0 unspecified atom stereocenters. The Morgan fingerprint density at radius 3 is 3.00 bits per heavy atom. The van der Waals surface area contributed by atoms with Gasteiger partial charge in [-0.15, -0.1) is 6.07 Å². The Bertz CT molecular complexity index is 443. The third-order valence-corrected chi connectivity index (χ3v) is 1.65. The Balaban J connectivity index is 0.000000980. The Morgan fingerprint density at radius 1 is 1.50 bits per heavy atom. The summed E-state index contributed by atoms with van der Waals surface area (Å²) in [6.07, 6.45) is 3.51. The van der Waals surface area contributed by atoms with Gasteiger partial charge in [0, 0.05) is 32.5 Å². The largest absolute Gasteiger partial charge is 0.267 e. The monoisotopic (exact) mass is 361 g/mol. The molecule has 0 fully saturated rings. The van der Waals surface area contributed by atoms with E-state index in [1.165, 1.54) is 0 Å². The second kappa shape index (κ2) is 4.71. The van der Waals surface area contributed by atoms with E-state index in [9.17, 15) is 0 Å². The summed E-state index contributed by atoms with van der Waals surface area (Å²) in [5.74, 6) is 0. The fourth-order valence-corrected chi connectivity index (χ4v) is 1.06. The molecule has 0 spiro atoms. The number of rotatable bonds is 1. The van der Waals surface area contributed by atoms with Gasteiger partial charge >= 0.3 is 0 Å². The van der Waals surface area contributed by atoms with Crippen LogP contribution in [0, 0.1) is 12.6 Å². The molecule has 3 nitrogen and oxygen atoms in total. The van der Waals surface area contributed by atoms with Crippen LogP contribution in [0.25, 0.3) is 10.5 Å². The molecular formula is C10H6IrN3-. The van der Waals surface area contributed by atoms with Gasteiger partial charge in [-0.3, -0.25) is 9.53 Å². The molecule has 0 N–H and O–H groups in total. The summed E-state index contributed by atoms with van der Waals surface area (Å²) in [7, 11) is 0. The predicted molar refractivity (Wildman–Crippen MR) is 48.7 cm³/mol. The summed E-state index contributed by atoms with van der Waals surface area (Å²) < 4.78 is 1.68. The summed E-state index contributed by atoms with van der Waals surface area (Å²) in [6, 6.07) is 10.0. The molecule has 1 heterocycles. The Kier molecular flexibility index (Phi) is 3.58. The third-order valence-electron chi connectivity index (χ3n) is 1.65. The van der Waals surface area contributed by atoms with Crippen LogP contribution in [0.4, 0.5) is 5.69 Å². The molecule has 0 aliphatic heterocycles. The van der Waals surface area contributed by atoms with Crippen molar-refractivity contribution in [1.29, 1.82) is 0 Å². The van der Waals surface area contributed by atoms with Gasteiger partial charge in [0.25, 0.3) is 0 Å². The molecule has 71 valence electrons. The minimum atomic E-state index is 0. The molecule has 14 heavy (non-hydrogen) atoms. The predicted octanol–water partition coefficient (Wildman–Crippen LogP) is 2.22. The Labute approximate surface area is 95.5 Å². The Hall–Kier alpha value is -1.43. The van der Waals surface area contributed by atoms with Crippen LogP contribution in [-0.4, -0.2) is 9.78 Å². The zero-order valence-corrected chi connectivity index (χ0v) is 9.53. The minimum Gasteiger partial charge on any atom is -0.267 e. The van der Waals surface area contributed by atoms with Crippen molar-refractivity contribution in [1.82, 2.24) is 9.78 Å². The molecule has 0 amide bonds. The van der Waals surface area contributed by atoms with E-state index in [4.69, 9.17) is 6.57 Å². The zero-order chi connectivity index (χ0) is 9.10. The molecule has 0 aliphatic carbocycles. The van der Waals surface area contributed by atoms with E-state index in [0.717, 1.165) is 5.69 Å². The quantitative estimate of drug-likeness (QED) is 0.715. The number of hydrogen-bond acceptors (Lipinski definition) is 1. The van der Waals surface area contributed by atoms with Crippen molar-refractivity contribution < 1.29 is 20.1 Å². The van der Waals surface area contributed by atoms with E-state index < -0.39 is 0 Å². The van der Waals surface area contributed by atoms with Crippen molar-refractivity contribution in [3.63, 3.8) is 0 Å². The van der Waals surface area contributed by atoms with Crippen LogP contribution in [0.5, 0.6) is 0 Å². The second-order valence-corrected chi connectivity index (χ2v) is 2.49. The zero-order valence-electron chi connectivity index (χ0n) is 7.14. The maximum Gasteiger partial charge on any atom is 0.0899 e. The first-order valence-corrected chi connectivity index (χ1v) is 3.79. The van der Waals surface area contributed by atoms with Crippen molar-refractivity contribution in [2.24, 2.45) is 0 Å². The standard InChI is InChI=1S/C10H6N3.Ir/c1-11-9-4-2-5-10(8-9)13-7-3-6-12-13;/h2-4,6-8H;/q-1;. The van der Waals surface area contributed by atoms with E-state index in [0.29, 0.717) is 5.69 Å². The van der Waals surface area contributed by atoms with E-state index in [-0.39, 0.29) is 20.1 Å². The van der Waals surface area contributed by atoms with E-state index in [1.807, 2.05) is 12.3 Å². The van der Waals surface area contributed by atoms with E-state index in [2.05, 4.69) is 16.0 Å². The maximum absolute atomic E-state index is 6.85. The first kappa shape index (κ1) is 10.6. The molecule has 1 aromatic heterocycles. The minimum absolute atomic E-state index is 0. The average molecular weight is 360 g/mol. The average Bonchev–Trinajstić information content (AvgIpc) is 2.71. The molecule has 0 atom stereocenters. The van der Waals surface area contributed by atoms with Gasteiger partial charge < -0.3 is 0 Å². The summed E-state index contributed by atoms with van der Waals surface area (Å²) in [4.78, 5) is 3.33. The number of hydrogen-bond donors (Lipinski definition) is 0. The van der Waals surface area contributed by atoms with Crippen molar-refractivity contribution >= 4 is 5.69 Å². The summed E-state index contributed by atoms with van der Waals surface area (Å²) in [5.41, 5.74) is 1.39. The molecule has 0 bridgehead atoms. The van der Waals surface area contributed by atoms with Crippen LogP contribution in [-0.2, 0) is 20.1 Å². The van der Waals surface area contributed by atoms with Crippen LogP contribution in [0.15, 0.2) is 36.7 Å². The second-order valence-electron chi connectivity index (χ2n) is 2.49. The normalized spacial score (nSPS) is 8.79. The van der Waals surface area contributed by atoms with Crippen LogP contribution in [0.1, 0.15) is 0 Å². The molecule has 0 saturated heterocycles. The van der Waals surface area contributed by atoms with Gasteiger partial charge in [0.15, 0.2) is 0 Å². The molecule has 1 aromatic carbocycles. The first-order valence-electron chi connectivity index (χ1n) is 3.79. The molecule has 1 radical (unpaired) electrons. The SMILES string of the molecule is [C-]#[N+]c1cc[c-]c(-n2cccn2)c1.[Ir]. The van der Waals surface area contributed by atoms with Gasteiger partial charge in [-0.2, -0.15) is 23.3 Å². The molecular weight excluding hydrogens is 354 g/mol. The topological polar surface area (TPSA) is 22.2 Å². The van der Waals surface area contributed by atoms with Crippen molar-refractivity contribution in [3.8, 4) is 5.69 Å². The maximum atomic E-state index is 6.85. The van der Waals surface area contributed by atoms with Gasteiger partial charge in [-0.25, -0.2) is 0 Å². The van der Waals surface area contributed by atoms with E-state index >= 15 is 0 Å². The van der Waals surface area contributed by atoms with Crippen molar-refractivity contribution in [2.75, 3.05) is 0 Å². The third kappa shape index (κ3) is 2.08. The van der Waals surface area contributed by atoms with Crippen LogP contribution >= 0.6 is 0 Å². The smallest absolute Gasteiger partial charge is 0.0899 e. The van der Waals surface area contributed by atoms with Crippen molar-refractivity contribution in [2.45, 2.75) is 0 Å². The fourth-order valence-electron chi connectivity index (χ4n) is 1.06. The molecule has 0 aliphatic rings. The van der Waals surface area contributed by atoms with Crippen molar-refractivity contribution in [3.05, 3.63) is 54.1 Å². The van der Waals surface area contributed by atoms with Crippen LogP contribution in [0.3, 0.4) is 0 Å². The van der Waals surface area contributed by atoms with Gasteiger partial charge in [0.05, 0.1) is 12.3 Å². The fraction of sp³-hybridized carbons (Fsp3) is 0. The number of nitrogens with zero attached hydrogens (tertiary/aromatic N) is 3. The van der Waals surface area contributed by atoms with Gasteiger partial charge in [-0.05, 0) is 6.07 Å². The van der Waals surface area contributed by atoms with Gasteiger partial charge in [-0.1, -0.05) is 5.69 Å². The summed E-state index contributed by atoms with van der Waals surface area (Å²) >= 11 is 0. The number of benzene rings is 1. The summed E-state index contributed by atoms with van der Waals surface area (Å²) in [5, 5.41) is 4.04. The van der Waals surface area contributed by atoms with Gasteiger partial charge in [0.1, 0.15) is 0 Å².